The van der Waals surface area contributed by atoms with Gasteiger partial charge >= 0.3 is 0 Å². The smallest absolute Gasteiger partial charge is 0.162 e. The Bertz CT molecular complexity index is 395. The summed E-state index contributed by atoms with van der Waals surface area (Å²) in [7, 11) is 1.83. The highest BCUT2D eigenvalue weighted by atomic mass is 16.3. The molecule has 1 fully saturated rings. The summed E-state index contributed by atoms with van der Waals surface area (Å²) in [6.07, 6.45) is 8.33. The second-order valence-corrected chi connectivity index (χ2v) is 4.51. The zero-order valence-corrected chi connectivity index (χ0v) is 9.57. The van der Waals surface area contributed by atoms with Crippen molar-refractivity contribution in [3.8, 4) is 0 Å². The third kappa shape index (κ3) is 1.47. The van der Waals surface area contributed by atoms with Crippen molar-refractivity contribution in [3.05, 3.63) is 36.3 Å². The summed E-state index contributed by atoms with van der Waals surface area (Å²) in [5, 5.41) is 9.56. The molecule has 0 aromatic rings. The van der Waals surface area contributed by atoms with Gasteiger partial charge in [-0.2, -0.15) is 0 Å². The quantitative estimate of drug-likeness (QED) is 0.679. The van der Waals surface area contributed by atoms with Crippen LogP contribution in [0.15, 0.2) is 36.3 Å². The topological polar surface area (TPSA) is 40.5 Å². The average Bonchev–Trinajstić information content (AvgIpc) is 2.35. The molecule has 0 bridgehead atoms. The molecule has 0 aromatic carbocycles. The van der Waals surface area contributed by atoms with Crippen molar-refractivity contribution in [2.45, 2.75) is 31.2 Å². The van der Waals surface area contributed by atoms with Gasteiger partial charge in [0.25, 0.3) is 0 Å². The number of carbonyl (C=O) groups excluding carboxylic acids is 1. The van der Waals surface area contributed by atoms with Crippen LogP contribution in [0.4, 0.5) is 0 Å². The number of aliphatic hydroxyl groups is 1. The van der Waals surface area contributed by atoms with E-state index in [0.29, 0.717) is 6.42 Å². The summed E-state index contributed by atoms with van der Waals surface area (Å²) in [4.78, 5) is 14.0. The van der Waals surface area contributed by atoms with Gasteiger partial charge in [0.15, 0.2) is 5.78 Å². The number of ketones is 1. The fraction of sp³-hybridized carbons (Fsp3) is 0.462. The molecule has 2 rings (SSSR count). The standard InChI is InChI=1S/C13H17NO2/c1-10-6-7-11(15)9-14(2)13(10)8-4-3-5-12(13)16/h6-7,9,15H,1,3-5,8H2,2H3/t13-/m0/s1. The predicted molar refractivity (Wildman–Crippen MR) is 63.0 cm³/mol. The van der Waals surface area contributed by atoms with Crippen LogP contribution in [0.2, 0.25) is 0 Å². The molecule has 1 spiro atoms. The number of likely N-dealkylation sites (N-methyl/N-ethyl adjacent to an activating group) is 1. The Balaban J connectivity index is 2.47. The summed E-state index contributed by atoms with van der Waals surface area (Å²) in [5.74, 6) is 0.376. The van der Waals surface area contributed by atoms with E-state index in [-0.39, 0.29) is 11.5 Å². The zero-order chi connectivity index (χ0) is 11.8. The highest BCUT2D eigenvalue weighted by Gasteiger charge is 2.44. The predicted octanol–water partition coefficient (Wildman–Crippen LogP) is 2.33. The normalized spacial score (nSPS) is 30.6. The lowest BCUT2D eigenvalue weighted by molar-refractivity contribution is -0.129. The molecule has 1 aliphatic carbocycles. The first-order valence-corrected chi connectivity index (χ1v) is 5.62. The molecule has 1 aliphatic heterocycles. The van der Waals surface area contributed by atoms with Crippen LogP contribution in [0.3, 0.4) is 0 Å². The fourth-order valence-electron chi connectivity index (χ4n) is 2.63. The van der Waals surface area contributed by atoms with E-state index in [0.717, 1.165) is 24.8 Å². The van der Waals surface area contributed by atoms with E-state index >= 15 is 0 Å². The lowest BCUT2D eigenvalue weighted by Crippen LogP contribution is -2.53. The molecule has 1 N–H and O–H groups in total. The molecule has 1 heterocycles. The maximum atomic E-state index is 12.2. The van der Waals surface area contributed by atoms with Gasteiger partial charge in [0.05, 0.1) is 0 Å². The summed E-state index contributed by atoms with van der Waals surface area (Å²) < 4.78 is 0. The molecule has 0 unspecified atom stereocenters. The highest BCUT2D eigenvalue weighted by molar-refractivity contribution is 5.93. The van der Waals surface area contributed by atoms with Crippen LogP contribution in [-0.4, -0.2) is 28.4 Å². The lowest BCUT2D eigenvalue weighted by Gasteiger charge is -2.42. The van der Waals surface area contributed by atoms with Crippen LogP contribution in [0.5, 0.6) is 0 Å². The number of allylic oxidation sites excluding steroid dienone is 1. The molecule has 0 radical (unpaired) electrons. The first-order chi connectivity index (χ1) is 7.57. The average molecular weight is 219 g/mol. The largest absolute Gasteiger partial charge is 0.506 e. The van der Waals surface area contributed by atoms with Crippen LogP contribution in [0.1, 0.15) is 25.7 Å². The van der Waals surface area contributed by atoms with E-state index < -0.39 is 5.54 Å². The maximum absolute atomic E-state index is 12.2. The van der Waals surface area contributed by atoms with Crippen LogP contribution in [0.25, 0.3) is 0 Å². The van der Waals surface area contributed by atoms with E-state index in [9.17, 15) is 9.90 Å². The second-order valence-electron chi connectivity index (χ2n) is 4.51. The van der Waals surface area contributed by atoms with Gasteiger partial charge < -0.3 is 10.0 Å². The van der Waals surface area contributed by atoms with Gasteiger partial charge in [-0.1, -0.05) is 12.7 Å². The monoisotopic (exact) mass is 219 g/mol. The van der Waals surface area contributed by atoms with Gasteiger partial charge in [-0.15, -0.1) is 0 Å². The minimum atomic E-state index is -0.626. The Morgan fingerprint density at radius 3 is 2.88 bits per heavy atom. The molecule has 16 heavy (non-hydrogen) atoms. The molecule has 0 amide bonds. The fourth-order valence-corrected chi connectivity index (χ4v) is 2.63. The van der Waals surface area contributed by atoms with Crippen LogP contribution < -0.4 is 0 Å². The molecular weight excluding hydrogens is 202 g/mol. The zero-order valence-electron chi connectivity index (χ0n) is 9.57. The summed E-state index contributed by atoms with van der Waals surface area (Å²) in [6.45, 7) is 3.99. The first-order valence-electron chi connectivity index (χ1n) is 5.62. The Morgan fingerprint density at radius 1 is 1.44 bits per heavy atom. The van der Waals surface area contributed by atoms with Gasteiger partial charge in [-0.3, -0.25) is 4.79 Å². The lowest BCUT2D eigenvalue weighted by atomic mass is 9.75. The van der Waals surface area contributed by atoms with E-state index in [1.807, 2.05) is 11.9 Å². The maximum Gasteiger partial charge on any atom is 0.162 e. The molecule has 2 aliphatic rings. The van der Waals surface area contributed by atoms with E-state index in [2.05, 4.69) is 6.58 Å². The number of hydrogen-bond donors (Lipinski definition) is 1. The summed E-state index contributed by atoms with van der Waals surface area (Å²) >= 11 is 0. The number of nitrogens with zero attached hydrogens (tertiary/aromatic N) is 1. The first kappa shape index (κ1) is 11.0. The SMILES string of the molecule is C=C1C=CC(O)=CN(C)[C@@]12CCCCC2=O. The Kier molecular flexibility index (Phi) is 2.62. The number of carbonyl (C=O) groups is 1. The van der Waals surface area contributed by atoms with Crippen LogP contribution >= 0.6 is 0 Å². The third-order valence-electron chi connectivity index (χ3n) is 3.57. The van der Waals surface area contributed by atoms with Crippen LogP contribution in [-0.2, 0) is 4.79 Å². The summed E-state index contributed by atoms with van der Waals surface area (Å²) in [5.41, 5.74) is 0.152. The minimum Gasteiger partial charge on any atom is -0.506 e. The van der Waals surface area contributed by atoms with Crippen molar-refractivity contribution < 1.29 is 9.90 Å². The number of rotatable bonds is 0. The van der Waals surface area contributed by atoms with Crippen molar-refractivity contribution >= 4 is 5.78 Å². The molecule has 3 nitrogen and oxygen atoms in total. The highest BCUT2D eigenvalue weighted by Crippen LogP contribution is 2.37. The molecule has 1 atom stereocenters. The molecular formula is C13H17NO2. The van der Waals surface area contributed by atoms with Crippen LogP contribution in [0, 0.1) is 0 Å². The Morgan fingerprint density at radius 2 is 2.19 bits per heavy atom. The van der Waals surface area contributed by atoms with Crippen molar-refractivity contribution in [1.29, 1.82) is 0 Å². The number of Topliss-reactive ketones (excluding diaryl/α,β-unsaturated/α-hetero) is 1. The van der Waals surface area contributed by atoms with Gasteiger partial charge in [-0.05, 0) is 30.9 Å². The van der Waals surface area contributed by atoms with Crippen molar-refractivity contribution in [1.82, 2.24) is 4.90 Å². The number of hydrogen-bond acceptors (Lipinski definition) is 3. The van der Waals surface area contributed by atoms with Crippen molar-refractivity contribution in [2.75, 3.05) is 7.05 Å². The summed E-state index contributed by atoms with van der Waals surface area (Å²) in [6, 6.07) is 0. The van der Waals surface area contributed by atoms with E-state index in [4.69, 9.17) is 0 Å². The Hall–Kier alpha value is -1.51. The number of aliphatic hydroxyl groups excluding tert-OH is 1. The van der Waals surface area contributed by atoms with Gasteiger partial charge in [0.2, 0.25) is 0 Å². The molecule has 1 saturated carbocycles. The van der Waals surface area contributed by atoms with Gasteiger partial charge in [-0.25, -0.2) is 0 Å². The second kappa shape index (κ2) is 3.81. The molecule has 3 heteroatoms. The minimum absolute atomic E-state index is 0.166. The van der Waals surface area contributed by atoms with Gasteiger partial charge in [0.1, 0.15) is 11.3 Å². The Labute approximate surface area is 95.8 Å². The van der Waals surface area contributed by atoms with Crippen molar-refractivity contribution in [3.63, 3.8) is 0 Å². The molecule has 0 saturated heterocycles. The third-order valence-corrected chi connectivity index (χ3v) is 3.57. The van der Waals surface area contributed by atoms with E-state index in [1.165, 1.54) is 0 Å². The van der Waals surface area contributed by atoms with Crippen molar-refractivity contribution in [2.24, 2.45) is 0 Å². The van der Waals surface area contributed by atoms with Gasteiger partial charge in [0, 0.05) is 19.7 Å². The molecule has 86 valence electrons. The molecule has 0 aromatic heterocycles. The van der Waals surface area contributed by atoms with E-state index in [1.54, 1.807) is 18.4 Å².